The van der Waals surface area contributed by atoms with Crippen LogP contribution in [0.2, 0.25) is 0 Å². The summed E-state index contributed by atoms with van der Waals surface area (Å²) in [5, 5.41) is 0. The van der Waals surface area contributed by atoms with Crippen molar-refractivity contribution in [3.63, 3.8) is 0 Å². The summed E-state index contributed by atoms with van der Waals surface area (Å²) in [6.07, 6.45) is 2.95. The molecule has 0 radical (unpaired) electrons. The number of para-hydroxylation sites is 1. The number of amides is 2. The number of benzene rings is 2. The van der Waals surface area contributed by atoms with Gasteiger partial charge in [0.25, 0.3) is 11.8 Å². The van der Waals surface area contributed by atoms with Gasteiger partial charge in [-0.05, 0) is 30.7 Å². The van der Waals surface area contributed by atoms with Gasteiger partial charge in [0.15, 0.2) is 0 Å². The zero-order valence-corrected chi connectivity index (χ0v) is 13.0. The third kappa shape index (κ3) is 4.44. The fraction of sp³-hybridized carbons (Fsp3) is 0.111. The van der Waals surface area contributed by atoms with E-state index in [1.165, 1.54) is 6.08 Å². The van der Waals surface area contributed by atoms with Crippen LogP contribution in [0.15, 0.2) is 54.6 Å². The molecule has 2 N–H and O–H groups in total. The largest absolute Gasteiger partial charge is 0.496 e. The van der Waals surface area contributed by atoms with Crippen molar-refractivity contribution in [3.05, 3.63) is 71.3 Å². The minimum atomic E-state index is -0.433. The van der Waals surface area contributed by atoms with Crippen LogP contribution in [0.25, 0.3) is 6.08 Å². The lowest BCUT2D eigenvalue weighted by atomic mass is 10.1. The van der Waals surface area contributed by atoms with E-state index < -0.39 is 5.91 Å². The maximum Gasteiger partial charge on any atom is 0.269 e. The standard InChI is InChI=1S/C18H18N2O3/c1-13-7-3-5-9-15(13)18(22)20-19-17(21)12-11-14-8-4-6-10-16(14)23-2/h3-12H,1-2H3,(H,19,21)(H,20,22). The van der Waals surface area contributed by atoms with Crippen molar-refractivity contribution in [2.75, 3.05) is 7.11 Å². The first-order chi connectivity index (χ1) is 11.1. The fourth-order valence-electron chi connectivity index (χ4n) is 2.02. The molecule has 0 fully saturated rings. The van der Waals surface area contributed by atoms with Gasteiger partial charge in [-0.2, -0.15) is 0 Å². The summed E-state index contributed by atoms with van der Waals surface area (Å²) in [5.74, 6) is -0.125. The summed E-state index contributed by atoms with van der Waals surface area (Å²) in [6.45, 7) is 1.83. The first-order valence-corrected chi connectivity index (χ1v) is 7.09. The molecule has 0 saturated carbocycles. The number of aryl methyl sites for hydroxylation is 1. The van der Waals surface area contributed by atoms with E-state index in [-0.39, 0.29) is 5.91 Å². The Morgan fingerprint density at radius 1 is 1.00 bits per heavy atom. The van der Waals surface area contributed by atoms with Crippen LogP contribution in [-0.4, -0.2) is 18.9 Å². The molecule has 5 nitrogen and oxygen atoms in total. The molecule has 0 aliphatic carbocycles. The monoisotopic (exact) mass is 310 g/mol. The minimum Gasteiger partial charge on any atom is -0.496 e. The van der Waals surface area contributed by atoms with E-state index in [0.29, 0.717) is 11.3 Å². The van der Waals surface area contributed by atoms with E-state index in [1.807, 2.05) is 37.3 Å². The highest BCUT2D eigenvalue weighted by Crippen LogP contribution is 2.18. The maximum atomic E-state index is 12.0. The Hall–Kier alpha value is -3.08. The SMILES string of the molecule is COc1ccccc1C=CC(=O)NNC(=O)c1ccccc1C. The Balaban J connectivity index is 1.94. The molecule has 0 bridgehead atoms. The van der Waals surface area contributed by atoms with Gasteiger partial charge in [0.2, 0.25) is 0 Å². The van der Waals surface area contributed by atoms with Crippen LogP contribution in [0.5, 0.6) is 5.75 Å². The van der Waals surface area contributed by atoms with Crippen molar-refractivity contribution >= 4 is 17.9 Å². The van der Waals surface area contributed by atoms with Crippen molar-refractivity contribution in [1.29, 1.82) is 0 Å². The van der Waals surface area contributed by atoms with Crippen LogP contribution in [-0.2, 0) is 4.79 Å². The van der Waals surface area contributed by atoms with Gasteiger partial charge in [0.05, 0.1) is 7.11 Å². The van der Waals surface area contributed by atoms with Gasteiger partial charge in [-0.25, -0.2) is 0 Å². The Bertz CT molecular complexity index is 739. The Kier molecular flexibility index (Phi) is 5.52. The Morgan fingerprint density at radius 2 is 1.70 bits per heavy atom. The molecule has 0 saturated heterocycles. The number of hydrogen-bond acceptors (Lipinski definition) is 3. The van der Waals surface area contributed by atoms with Crippen LogP contribution in [0.1, 0.15) is 21.5 Å². The summed E-state index contributed by atoms with van der Waals surface area (Å²) in [4.78, 5) is 23.8. The van der Waals surface area contributed by atoms with Crippen LogP contribution in [0.4, 0.5) is 0 Å². The number of carbonyl (C=O) groups excluding carboxylic acids is 2. The first kappa shape index (κ1) is 16.3. The van der Waals surface area contributed by atoms with Gasteiger partial charge in [0, 0.05) is 17.2 Å². The molecule has 0 aliphatic rings. The molecule has 0 spiro atoms. The van der Waals surface area contributed by atoms with Crippen molar-refractivity contribution in [3.8, 4) is 5.75 Å². The molecule has 0 unspecified atom stereocenters. The second kappa shape index (κ2) is 7.79. The normalized spacial score (nSPS) is 10.3. The van der Waals surface area contributed by atoms with Gasteiger partial charge in [-0.3, -0.25) is 20.4 Å². The van der Waals surface area contributed by atoms with E-state index >= 15 is 0 Å². The fourth-order valence-corrected chi connectivity index (χ4v) is 2.02. The highest BCUT2D eigenvalue weighted by atomic mass is 16.5. The average molecular weight is 310 g/mol. The van der Waals surface area contributed by atoms with Crippen molar-refractivity contribution in [2.45, 2.75) is 6.92 Å². The molecule has 0 heterocycles. The molecular weight excluding hydrogens is 292 g/mol. The lowest BCUT2D eigenvalue weighted by Crippen LogP contribution is -2.41. The quantitative estimate of drug-likeness (QED) is 0.673. The topological polar surface area (TPSA) is 67.4 Å². The van der Waals surface area contributed by atoms with Crippen LogP contribution >= 0.6 is 0 Å². The first-order valence-electron chi connectivity index (χ1n) is 7.09. The Morgan fingerprint density at radius 3 is 2.43 bits per heavy atom. The van der Waals surface area contributed by atoms with Crippen molar-refractivity contribution < 1.29 is 14.3 Å². The zero-order chi connectivity index (χ0) is 16.7. The molecule has 2 rings (SSSR count). The van der Waals surface area contributed by atoms with E-state index in [4.69, 9.17) is 4.74 Å². The van der Waals surface area contributed by atoms with Gasteiger partial charge in [0.1, 0.15) is 5.75 Å². The highest BCUT2D eigenvalue weighted by molar-refractivity contribution is 5.98. The third-order valence-electron chi connectivity index (χ3n) is 3.24. The van der Waals surface area contributed by atoms with Gasteiger partial charge in [-0.1, -0.05) is 36.4 Å². The molecule has 0 atom stereocenters. The Labute approximate surface area is 134 Å². The number of methoxy groups -OCH3 is 1. The molecule has 2 aromatic rings. The predicted molar refractivity (Wildman–Crippen MR) is 88.8 cm³/mol. The van der Waals surface area contributed by atoms with Crippen LogP contribution < -0.4 is 15.6 Å². The number of hydrogen-bond donors (Lipinski definition) is 2. The number of ether oxygens (including phenoxy) is 1. The van der Waals surface area contributed by atoms with Gasteiger partial charge < -0.3 is 4.74 Å². The van der Waals surface area contributed by atoms with E-state index in [9.17, 15) is 9.59 Å². The predicted octanol–water partition coefficient (Wildman–Crippen LogP) is 2.48. The maximum absolute atomic E-state index is 12.0. The average Bonchev–Trinajstić information content (AvgIpc) is 2.58. The summed E-state index contributed by atoms with van der Waals surface area (Å²) >= 11 is 0. The zero-order valence-electron chi connectivity index (χ0n) is 13.0. The molecule has 23 heavy (non-hydrogen) atoms. The van der Waals surface area contributed by atoms with Gasteiger partial charge >= 0.3 is 0 Å². The summed E-state index contributed by atoms with van der Waals surface area (Å²) in [7, 11) is 1.56. The number of carbonyl (C=O) groups is 2. The summed E-state index contributed by atoms with van der Waals surface area (Å²) in [6, 6.07) is 14.5. The number of hydrazine groups is 1. The third-order valence-corrected chi connectivity index (χ3v) is 3.24. The van der Waals surface area contributed by atoms with Crippen LogP contribution in [0.3, 0.4) is 0 Å². The molecular formula is C18H18N2O3. The second-order valence-electron chi connectivity index (χ2n) is 4.83. The number of nitrogens with one attached hydrogen (secondary N) is 2. The van der Waals surface area contributed by atoms with E-state index in [2.05, 4.69) is 10.9 Å². The molecule has 5 heteroatoms. The highest BCUT2D eigenvalue weighted by Gasteiger charge is 2.08. The smallest absolute Gasteiger partial charge is 0.269 e. The molecule has 118 valence electrons. The summed E-state index contributed by atoms with van der Waals surface area (Å²) in [5.41, 5.74) is 6.86. The van der Waals surface area contributed by atoms with Crippen molar-refractivity contribution in [2.24, 2.45) is 0 Å². The lowest BCUT2D eigenvalue weighted by Gasteiger charge is -2.07. The lowest BCUT2D eigenvalue weighted by molar-refractivity contribution is -0.117. The van der Waals surface area contributed by atoms with E-state index in [0.717, 1.165) is 11.1 Å². The van der Waals surface area contributed by atoms with Crippen molar-refractivity contribution in [1.82, 2.24) is 10.9 Å². The molecule has 2 aromatic carbocycles. The molecule has 2 amide bonds. The van der Waals surface area contributed by atoms with Crippen LogP contribution in [0, 0.1) is 6.92 Å². The molecule has 0 aliphatic heterocycles. The van der Waals surface area contributed by atoms with Gasteiger partial charge in [-0.15, -0.1) is 0 Å². The number of rotatable bonds is 4. The minimum absolute atomic E-state index is 0.359. The summed E-state index contributed by atoms with van der Waals surface area (Å²) < 4.78 is 5.19. The van der Waals surface area contributed by atoms with E-state index in [1.54, 1.807) is 31.4 Å². The molecule has 0 aromatic heterocycles. The second-order valence-corrected chi connectivity index (χ2v) is 4.83.